The SMILES string of the molecule is CC(CC1CC1)n1c(SCC(=O)O)nc2c(F)cccc21. The first kappa shape index (κ1) is 14.4. The standard InChI is InChI=1S/C15H17FN2O2S/c1-9(7-10-5-6-10)18-12-4-2-3-11(16)14(12)17-15(18)21-8-13(19)20/h2-4,9-10H,5-8H2,1H3,(H,19,20). The zero-order valence-electron chi connectivity index (χ0n) is 11.8. The van der Waals surface area contributed by atoms with Crippen molar-refractivity contribution < 1.29 is 14.3 Å². The van der Waals surface area contributed by atoms with E-state index in [4.69, 9.17) is 5.11 Å². The highest BCUT2D eigenvalue weighted by molar-refractivity contribution is 7.99. The number of hydrogen-bond donors (Lipinski definition) is 1. The van der Waals surface area contributed by atoms with Crippen LogP contribution in [0.25, 0.3) is 11.0 Å². The number of fused-ring (bicyclic) bond motifs is 1. The van der Waals surface area contributed by atoms with Crippen molar-refractivity contribution in [3.8, 4) is 0 Å². The van der Waals surface area contributed by atoms with E-state index in [9.17, 15) is 9.18 Å². The lowest BCUT2D eigenvalue weighted by Gasteiger charge is -2.16. The summed E-state index contributed by atoms with van der Waals surface area (Å²) >= 11 is 1.15. The molecule has 4 nitrogen and oxygen atoms in total. The number of aliphatic carboxylic acids is 1. The van der Waals surface area contributed by atoms with Gasteiger partial charge in [0.05, 0.1) is 11.3 Å². The second kappa shape index (κ2) is 5.67. The molecular weight excluding hydrogens is 291 g/mol. The Labute approximate surface area is 126 Å². The summed E-state index contributed by atoms with van der Waals surface area (Å²) in [6.45, 7) is 2.09. The first-order chi connectivity index (χ1) is 10.1. The topological polar surface area (TPSA) is 55.1 Å². The molecule has 1 heterocycles. The Kier molecular flexibility index (Phi) is 3.89. The molecule has 112 valence electrons. The van der Waals surface area contributed by atoms with Gasteiger partial charge in [-0.2, -0.15) is 0 Å². The van der Waals surface area contributed by atoms with Crippen LogP contribution in [-0.4, -0.2) is 26.4 Å². The number of nitrogens with zero attached hydrogens (tertiary/aromatic N) is 2. The number of imidazole rings is 1. The zero-order valence-corrected chi connectivity index (χ0v) is 12.6. The molecule has 1 unspecified atom stereocenters. The van der Waals surface area contributed by atoms with Gasteiger partial charge in [-0.3, -0.25) is 4.79 Å². The molecule has 1 atom stereocenters. The Morgan fingerprint density at radius 1 is 1.57 bits per heavy atom. The smallest absolute Gasteiger partial charge is 0.313 e. The van der Waals surface area contributed by atoms with Gasteiger partial charge in [0.15, 0.2) is 11.0 Å². The number of hydrogen-bond acceptors (Lipinski definition) is 3. The summed E-state index contributed by atoms with van der Waals surface area (Å²) in [5.74, 6) is -0.583. The van der Waals surface area contributed by atoms with Crippen LogP contribution in [0.2, 0.25) is 0 Å². The fourth-order valence-electron chi connectivity index (χ4n) is 2.66. The van der Waals surface area contributed by atoms with Crippen LogP contribution in [0.4, 0.5) is 4.39 Å². The van der Waals surface area contributed by atoms with Crippen LogP contribution in [-0.2, 0) is 4.79 Å². The minimum atomic E-state index is -0.895. The van der Waals surface area contributed by atoms with Gasteiger partial charge in [0, 0.05) is 6.04 Å². The number of aromatic nitrogens is 2. The normalized spacial score (nSPS) is 16.3. The lowest BCUT2D eigenvalue weighted by molar-refractivity contribution is -0.133. The predicted octanol–water partition coefficient (Wildman–Crippen LogP) is 3.71. The third kappa shape index (κ3) is 3.05. The number of carboxylic acids is 1. The quantitative estimate of drug-likeness (QED) is 0.826. The van der Waals surface area contributed by atoms with Crippen LogP contribution in [0.1, 0.15) is 32.2 Å². The number of benzene rings is 1. The molecule has 6 heteroatoms. The van der Waals surface area contributed by atoms with Gasteiger partial charge in [0.25, 0.3) is 0 Å². The molecule has 0 radical (unpaired) electrons. The molecule has 1 fully saturated rings. The monoisotopic (exact) mass is 308 g/mol. The van der Waals surface area contributed by atoms with Gasteiger partial charge < -0.3 is 9.67 Å². The van der Waals surface area contributed by atoms with E-state index in [-0.39, 0.29) is 17.6 Å². The van der Waals surface area contributed by atoms with E-state index < -0.39 is 5.97 Å². The number of rotatable bonds is 6. The van der Waals surface area contributed by atoms with Crippen LogP contribution in [0, 0.1) is 11.7 Å². The summed E-state index contributed by atoms with van der Waals surface area (Å²) in [6.07, 6.45) is 3.54. The van der Waals surface area contributed by atoms with Gasteiger partial charge in [-0.15, -0.1) is 0 Å². The van der Waals surface area contributed by atoms with Crippen LogP contribution in [0.5, 0.6) is 0 Å². The van der Waals surface area contributed by atoms with Gasteiger partial charge in [0.1, 0.15) is 5.52 Å². The Hall–Kier alpha value is -1.56. The van der Waals surface area contributed by atoms with Crippen LogP contribution < -0.4 is 0 Å². The van der Waals surface area contributed by atoms with Gasteiger partial charge in [0.2, 0.25) is 0 Å². The molecule has 1 aromatic heterocycles. The Morgan fingerprint density at radius 3 is 3.00 bits per heavy atom. The number of carbonyl (C=O) groups is 1. The van der Waals surface area contributed by atoms with Crippen molar-refractivity contribution in [2.45, 2.75) is 37.4 Å². The van der Waals surface area contributed by atoms with Crippen molar-refractivity contribution in [2.24, 2.45) is 5.92 Å². The van der Waals surface area contributed by atoms with Gasteiger partial charge in [-0.1, -0.05) is 30.7 Å². The molecule has 21 heavy (non-hydrogen) atoms. The molecule has 0 aliphatic heterocycles. The highest BCUT2D eigenvalue weighted by atomic mass is 32.2. The molecule has 3 rings (SSSR count). The lowest BCUT2D eigenvalue weighted by atomic mass is 10.1. The first-order valence-electron chi connectivity index (χ1n) is 7.07. The minimum absolute atomic E-state index is 0.0684. The summed E-state index contributed by atoms with van der Waals surface area (Å²) in [7, 11) is 0. The maximum atomic E-state index is 13.9. The average Bonchev–Trinajstić information content (AvgIpc) is 3.15. The Morgan fingerprint density at radius 2 is 2.33 bits per heavy atom. The Bertz CT molecular complexity index is 682. The van der Waals surface area contributed by atoms with Gasteiger partial charge in [-0.05, 0) is 31.4 Å². The molecule has 0 spiro atoms. The number of para-hydroxylation sites is 1. The van der Waals surface area contributed by atoms with E-state index in [0.717, 1.165) is 29.6 Å². The zero-order chi connectivity index (χ0) is 15.0. The van der Waals surface area contributed by atoms with Crippen molar-refractivity contribution in [1.29, 1.82) is 0 Å². The third-order valence-corrected chi connectivity index (χ3v) is 4.71. The highest BCUT2D eigenvalue weighted by Gasteiger charge is 2.27. The van der Waals surface area contributed by atoms with Crippen molar-refractivity contribution in [1.82, 2.24) is 9.55 Å². The lowest BCUT2D eigenvalue weighted by Crippen LogP contribution is -2.09. The van der Waals surface area contributed by atoms with E-state index in [2.05, 4.69) is 11.9 Å². The van der Waals surface area contributed by atoms with Crippen LogP contribution in [0.15, 0.2) is 23.4 Å². The molecular formula is C15H17FN2O2S. The van der Waals surface area contributed by atoms with E-state index >= 15 is 0 Å². The third-order valence-electron chi connectivity index (χ3n) is 3.78. The number of thioether (sulfide) groups is 1. The van der Waals surface area contributed by atoms with Gasteiger partial charge in [-0.25, -0.2) is 9.37 Å². The highest BCUT2D eigenvalue weighted by Crippen LogP contribution is 2.39. The summed E-state index contributed by atoms with van der Waals surface area (Å²) in [4.78, 5) is 15.1. The molecule has 0 saturated heterocycles. The predicted molar refractivity (Wildman–Crippen MR) is 80.1 cm³/mol. The van der Waals surface area contributed by atoms with E-state index in [0.29, 0.717) is 10.7 Å². The van der Waals surface area contributed by atoms with Gasteiger partial charge >= 0.3 is 5.97 Å². The second-order valence-electron chi connectivity index (χ2n) is 5.58. The molecule has 1 saturated carbocycles. The number of halogens is 1. The molecule has 1 N–H and O–H groups in total. The van der Waals surface area contributed by atoms with Crippen molar-refractivity contribution in [2.75, 3.05) is 5.75 Å². The van der Waals surface area contributed by atoms with Crippen molar-refractivity contribution in [3.05, 3.63) is 24.0 Å². The van der Waals surface area contributed by atoms with Crippen LogP contribution >= 0.6 is 11.8 Å². The van der Waals surface area contributed by atoms with Crippen molar-refractivity contribution >= 4 is 28.8 Å². The van der Waals surface area contributed by atoms with E-state index in [1.807, 2.05) is 10.6 Å². The molecule has 1 aliphatic rings. The molecule has 2 aromatic rings. The van der Waals surface area contributed by atoms with E-state index in [1.54, 1.807) is 6.07 Å². The molecule has 1 aromatic carbocycles. The maximum Gasteiger partial charge on any atom is 0.313 e. The summed E-state index contributed by atoms with van der Waals surface area (Å²) in [5.41, 5.74) is 1.07. The Balaban J connectivity index is 2.01. The summed E-state index contributed by atoms with van der Waals surface area (Å²) < 4.78 is 15.9. The fraction of sp³-hybridized carbons (Fsp3) is 0.467. The summed E-state index contributed by atoms with van der Waals surface area (Å²) in [5, 5.41) is 9.45. The second-order valence-corrected chi connectivity index (χ2v) is 6.52. The van der Waals surface area contributed by atoms with E-state index in [1.165, 1.54) is 18.9 Å². The molecule has 0 amide bonds. The molecule has 1 aliphatic carbocycles. The average molecular weight is 308 g/mol. The first-order valence-corrected chi connectivity index (χ1v) is 8.06. The van der Waals surface area contributed by atoms with Crippen LogP contribution in [0.3, 0.4) is 0 Å². The maximum absolute atomic E-state index is 13.9. The minimum Gasteiger partial charge on any atom is -0.481 e. The largest absolute Gasteiger partial charge is 0.481 e. The fourth-order valence-corrected chi connectivity index (χ4v) is 3.48. The molecule has 0 bridgehead atoms. The number of carboxylic acid groups (broad SMARTS) is 1. The summed E-state index contributed by atoms with van der Waals surface area (Å²) in [6, 6.07) is 5.10. The van der Waals surface area contributed by atoms with Crippen molar-refractivity contribution in [3.63, 3.8) is 0 Å².